The van der Waals surface area contributed by atoms with Gasteiger partial charge in [0, 0.05) is 10.7 Å². The summed E-state index contributed by atoms with van der Waals surface area (Å²) in [5.74, 6) is -0.450. The molecule has 1 N–H and O–H groups in total. The minimum atomic E-state index is -0.538. The van der Waals surface area contributed by atoms with E-state index in [1.165, 1.54) is 4.90 Å². The molecule has 0 saturated carbocycles. The van der Waals surface area contributed by atoms with Gasteiger partial charge in [0.1, 0.15) is 6.04 Å². The summed E-state index contributed by atoms with van der Waals surface area (Å²) >= 11 is 5.84. The first-order valence-corrected chi connectivity index (χ1v) is 7.38. The molecule has 2 aromatic carbocycles. The van der Waals surface area contributed by atoms with Crippen LogP contribution >= 0.6 is 11.6 Å². The van der Waals surface area contributed by atoms with E-state index in [0.29, 0.717) is 10.7 Å². The van der Waals surface area contributed by atoms with Gasteiger partial charge in [-0.25, -0.2) is 4.90 Å². The zero-order chi connectivity index (χ0) is 15.7. The summed E-state index contributed by atoms with van der Waals surface area (Å²) < 4.78 is 0. The molecule has 0 aliphatic carbocycles. The SMILES string of the molecule is Cc1ccccc1N[C@@H]1CC(=O)N(c2ccc(Cl)cc2)C1=O. The second kappa shape index (κ2) is 5.81. The molecule has 0 bridgehead atoms. The lowest BCUT2D eigenvalue weighted by Crippen LogP contribution is -2.34. The molecule has 1 fully saturated rings. The number of benzene rings is 2. The summed E-state index contributed by atoms with van der Waals surface area (Å²) in [7, 11) is 0. The molecular weight excluding hydrogens is 300 g/mol. The summed E-state index contributed by atoms with van der Waals surface area (Å²) in [6, 6.07) is 13.8. The zero-order valence-electron chi connectivity index (χ0n) is 12.0. The van der Waals surface area contributed by atoms with Crippen molar-refractivity contribution in [3.8, 4) is 0 Å². The lowest BCUT2D eigenvalue weighted by Gasteiger charge is -2.17. The molecular formula is C17H15ClN2O2. The summed E-state index contributed by atoms with van der Waals surface area (Å²) in [6.45, 7) is 1.96. The van der Waals surface area contributed by atoms with Gasteiger partial charge in [-0.05, 0) is 42.8 Å². The zero-order valence-corrected chi connectivity index (χ0v) is 12.8. The average Bonchev–Trinajstić information content (AvgIpc) is 2.77. The Morgan fingerprint density at radius 3 is 2.45 bits per heavy atom. The van der Waals surface area contributed by atoms with Crippen molar-refractivity contribution in [2.75, 3.05) is 10.2 Å². The van der Waals surface area contributed by atoms with E-state index < -0.39 is 6.04 Å². The second-order valence-corrected chi connectivity index (χ2v) is 5.70. The standard InChI is InChI=1S/C17H15ClN2O2/c1-11-4-2-3-5-14(11)19-15-10-16(21)20(17(15)22)13-8-6-12(18)7-9-13/h2-9,15,19H,10H2,1H3/t15-/m1/s1. The fraction of sp³-hybridized carbons (Fsp3) is 0.176. The molecule has 2 aromatic rings. The predicted molar refractivity (Wildman–Crippen MR) is 87.2 cm³/mol. The van der Waals surface area contributed by atoms with E-state index in [9.17, 15) is 9.59 Å². The predicted octanol–water partition coefficient (Wildman–Crippen LogP) is 3.39. The Labute approximate surface area is 133 Å². The molecule has 0 unspecified atom stereocenters. The molecule has 22 heavy (non-hydrogen) atoms. The highest BCUT2D eigenvalue weighted by Crippen LogP contribution is 2.26. The van der Waals surface area contributed by atoms with E-state index in [2.05, 4.69) is 5.32 Å². The Bertz CT molecular complexity index is 728. The lowest BCUT2D eigenvalue weighted by molar-refractivity contribution is -0.121. The molecule has 0 radical (unpaired) electrons. The maximum atomic E-state index is 12.5. The van der Waals surface area contributed by atoms with Crippen LogP contribution in [0.2, 0.25) is 5.02 Å². The van der Waals surface area contributed by atoms with E-state index in [-0.39, 0.29) is 18.2 Å². The number of nitrogens with zero attached hydrogens (tertiary/aromatic N) is 1. The Kier molecular flexibility index (Phi) is 3.86. The number of hydrogen-bond donors (Lipinski definition) is 1. The molecule has 1 heterocycles. The van der Waals surface area contributed by atoms with Gasteiger partial charge >= 0.3 is 0 Å². The molecule has 1 atom stereocenters. The summed E-state index contributed by atoms with van der Waals surface area (Å²) in [6.07, 6.45) is 0.149. The average molecular weight is 315 g/mol. The minimum Gasteiger partial charge on any atom is -0.373 e. The van der Waals surface area contributed by atoms with Crippen molar-refractivity contribution in [1.29, 1.82) is 0 Å². The highest BCUT2D eigenvalue weighted by molar-refractivity contribution is 6.30. The van der Waals surface area contributed by atoms with Crippen LogP contribution in [0.5, 0.6) is 0 Å². The second-order valence-electron chi connectivity index (χ2n) is 5.26. The Morgan fingerprint density at radius 2 is 1.77 bits per heavy atom. The quantitative estimate of drug-likeness (QED) is 0.883. The number of anilines is 2. The number of para-hydroxylation sites is 1. The van der Waals surface area contributed by atoms with Crippen LogP contribution in [0.3, 0.4) is 0 Å². The number of rotatable bonds is 3. The number of aryl methyl sites for hydroxylation is 1. The third-order valence-corrected chi connectivity index (χ3v) is 3.96. The monoisotopic (exact) mass is 314 g/mol. The van der Waals surface area contributed by atoms with Crippen molar-refractivity contribution in [2.24, 2.45) is 0 Å². The van der Waals surface area contributed by atoms with Gasteiger partial charge in [-0.3, -0.25) is 9.59 Å². The van der Waals surface area contributed by atoms with Crippen molar-refractivity contribution in [3.63, 3.8) is 0 Å². The first kappa shape index (κ1) is 14.6. The van der Waals surface area contributed by atoms with Crippen molar-refractivity contribution in [3.05, 3.63) is 59.1 Å². The van der Waals surface area contributed by atoms with Crippen LogP contribution in [0, 0.1) is 6.92 Å². The van der Waals surface area contributed by atoms with Crippen LogP contribution in [0.25, 0.3) is 0 Å². The van der Waals surface area contributed by atoms with Crippen LogP contribution in [-0.2, 0) is 9.59 Å². The number of carbonyl (C=O) groups excluding carboxylic acids is 2. The van der Waals surface area contributed by atoms with Gasteiger partial charge < -0.3 is 5.32 Å². The Morgan fingerprint density at radius 1 is 1.09 bits per heavy atom. The van der Waals surface area contributed by atoms with Gasteiger partial charge in [0.05, 0.1) is 12.1 Å². The third-order valence-electron chi connectivity index (χ3n) is 3.71. The van der Waals surface area contributed by atoms with Crippen molar-refractivity contribution in [1.82, 2.24) is 0 Å². The number of carbonyl (C=O) groups is 2. The van der Waals surface area contributed by atoms with E-state index >= 15 is 0 Å². The molecule has 5 heteroatoms. The first-order chi connectivity index (χ1) is 10.6. The van der Waals surface area contributed by atoms with Crippen molar-refractivity contribution < 1.29 is 9.59 Å². The van der Waals surface area contributed by atoms with Crippen molar-refractivity contribution >= 4 is 34.8 Å². The molecule has 112 valence electrons. The summed E-state index contributed by atoms with van der Waals surface area (Å²) in [4.78, 5) is 25.9. The molecule has 0 aromatic heterocycles. The van der Waals surface area contributed by atoms with Crippen molar-refractivity contribution in [2.45, 2.75) is 19.4 Å². The third kappa shape index (κ3) is 2.70. The van der Waals surface area contributed by atoms with Crippen LogP contribution < -0.4 is 10.2 Å². The van der Waals surface area contributed by atoms with Gasteiger partial charge in [-0.15, -0.1) is 0 Å². The van der Waals surface area contributed by atoms with Crippen LogP contribution in [0.1, 0.15) is 12.0 Å². The fourth-order valence-corrected chi connectivity index (χ4v) is 2.65. The summed E-state index contributed by atoms with van der Waals surface area (Å²) in [5, 5.41) is 3.73. The maximum Gasteiger partial charge on any atom is 0.256 e. The smallest absolute Gasteiger partial charge is 0.256 e. The normalized spacial score (nSPS) is 17.9. The van der Waals surface area contributed by atoms with E-state index in [1.807, 2.05) is 31.2 Å². The lowest BCUT2D eigenvalue weighted by atomic mass is 10.1. The van der Waals surface area contributed by atoms with E-state index in [4.69, 9.17) is 11.6 Å². The van der Waals surface area contributed by atoms with Gasteiger partial charge in [0.25, 0.3) is 5.91 Å². The van der Waals surface area contributed by atoms with Gasteiger partial charge in [-0.2, -0.15) is 0 Å². The molecule has 0 spiro atoms. The van der Waals surface area contributed by atoms with Crippen LogP contribution in [0.15, 0.2) is 48.5 Å². The molecule has 1 aliphatic rings. The molecule has 1 saturated heterocycles. The highest BCUT2D eigenvalue weighted by Gasteiger charge is 2.39. The van der Waals surface area contributed by atoms with Crippen LogP contribution in [0.4, 0.5) is 11.4 Å². The largest absolute Gasteiger partial charge is 0.373 e. The molecule has 1 aliphatic heterocycles. The Balaban J connectivity index is 1.82. The topological polar surface area (TPSA) is 49.4 Å². The number of halogens is 1. The first-order valence-electron chi connectivity index (χ1n) is 7.01. The number of imide groups is 1. The van der Waals surface area contributed by atoms with E-state index in [0.717, 1.165) is 11.3 Å². The van der Waals surface area contributed by atoms with E-state index in [1.54, 1.807) is 24.3 Å². The Hall–Kier alpha value is -2.33. The molecule has 2 amide bonds. The van der Waals surface area contributed by atoms with Gasteiger partial charge in [0.15, 0.2) is 0 Å². The maximum absolute atomic E-state index is 12.5. The van der Waals surface area contributed by atoms with Gasteiger partial charge in [-0.1, -0.05) is 29.8 Å². The number of amides is 2. The van der Waals surface area contributed by atoms with Crippen LogP contribution in [-0.4, -0.2) is 17.9 Å². The number of nitrogens with one attached hydrogen (secondary N) is 1. The highest BCUT2D eigenvalue weighted by atomic mass is 35.5. The van der Waals surface area contributed by atoms with Gasteiger partial charge in [0.2, 0.25) is 5.91 Å². The molecule has 3 rings (SSSR count). The fourth-order valence-electron chi connectivity index (χ4n) is 2.53. The molecule has 4 nitrogen and oxygen atoms in total. The summed E-state index contributed by atoms with van der Waals surface area (Å²) in [5.41, 5.74) is 2.45. The number of hydrogen-bond acceptors (Lipinski definition) is 3. The minimum absolute atomic E-state index is 0.149.